The van der Waals surface area contributed by atoms with Crippen LogP contribution < -0.4 is 5.73 Å². The van der Waals surface area contributed by atoms with Crippen molar-refractivity contribution in [2.24, 2.45) is 10.7 Å². The Bertz CT molecular complexity index is 704. The van der Waals surface area contributed by atoms with Gasteiger partial charge in [-0.1, -0.05) is 12.1 Å². The second kappa shape index (κ2) is 7.29. The van der Waals surface area contributed by atoms with E-state index < -0.39 is 0 Å². The summed E-state index contributed by atoms with van der Waals surface area (Å²) in [6, 6.07) is 8.95. The van der Waals surface area contributed by atoms with Crippen LogP contribution in [0.4, 0.5) is 0 Å². The Morgan fingerprint density at radius 3 is 2.74 bits per heavy atom. The number of nitrogens with zero attached hydrogens (tertiary/aromatic N) is 4. The van der Waals surface area contributed by atoms with Gasteiger partial charge in [0.05, 0.1) is 11.0 Å². The van der Waals surface area contributed by atoms with Gasteiger partial charge >= 0.3 is 0 Å². The Kier molecular flexibility index (Phi) is 5.35. The summed E-state index contributed by atoms with van der Waals surface area (Å²) in [6.45, 7) is 2.57. The molecule has 23 heavy (non-hydrogen) atoms. The van der Waals surface area contributed by atoms with E-state index >= 15 is 0 Å². The number of halogens is 1. The summed E-state index contributed by atoms with van der Waals surface area (Å²) >= 11 is 1.98. The van der Waals surface area contributed by atoms with Crippen molar-refractivity contribution in [1.82, 2.24) is 14.5 Å². The molecule has 1 saturated carbocycles. The molecule has 1 aromatic carbocycles. The fraction of sp³-hybridized carbons (Fsp3) is 0.500. The SMILES string of the molecule is I.NC(=NCc1nc2ccccc2n1C1CC1)N1CCSCC1. The molecule has 0 radical (unpaired) electrons. The van der Waals surface area contributed by atoms with E-state index in [0.717, 1.165) is 35.9 Å². The third-order valence-electron chi connectivity index (χ3n) is 4.30. The highest BCUT2D eigenvalue weighted by atomic mass is 127. The van der Waals surface area contributed by atoms with Crippen LogP contribution in [0.3, 0.4) is 0 Å². The van der Waals surface area contributed by atoms with E-state index in [-0.39, 0.29) is 24.0 Å². The average molecular weight is 443 g/mol. The van der Waals surface area contributed by atoms with Gasteiger partial charge in [-0.25, -0.2) is 9.98 Å². The fourth-order valence-corrected chi connectivity index (χ4v) is 3.89. The van der Waals surface area contributed by atoms with Crippen LogP contribution in [0, 0.1) is 0 Å². The number of nitrogens with two attached hydrogens (primary N) is 1. The molecule has 7 heteroatoms. The molecule has 124 valence electrons. The lowest BCUT2D eigenvalue weighted by atomic mass is 10.3. The molecule has 2 N–H and O–H groups in total. The van der Waals surface area contributed by atoms with Crippen LogP contribution in [0.5, 0.6) is 0 Å². The lowest BCUT2D eigenvalue weighted by molar-refractivity contribution is 0.455. The van der Waals surface area contributed by atoms with E-state index in [0.29, 0.717) is 18.5 Å². The number of benzene rings is 1. The van der Waals surface area contributed by atoms with E-state index in [4.69, 9.17) is 10.7 Å². The van der Waals surface area contributed by atoms with Crippen molar-refractivity contribution in [3.8, 4) is 0 Å². The predicted molar refractivity (Wildman–Crippen MR) is 108 cm³/mol. The Morgan fingerprint density at radius 1 is 1.26 bits per heavy atom. The highest BCUT2D eigenvalue weighted by molar-refractivity contribution is 14.0. The highest BCUT2D eigenvalue weighted by Crippen LogP contribution is 2.38. The van der Waals surface area contributed by atoms with Gasteiger partial charge in [0, 0.05) is 30.6 Å². The van der Waals surface area contributed by atoms with E-state index in [1.807, 2.05) is 17.8 Å². The van der Waals surface area contributed by atoms with Crippen LogP contribution in [0.25, 0.3) is 11.0 Å². The monoisotopic (exact) mass is 443 g/mol. The van der Waals surface area contributed by atoms with Crippen LogP contribution in [-0.2, 0) is 6.54 Å². The molecule has 0 atom stereocenters. The molecule has 2 aromatic rings. The van der Waals surface area contributed by atoms with E-state index in [2.05, 4.69) is 32.7 Å². The van der Waals surface area contributed by atoms with Crippen LogP contribution >= 0.6 is 35.7 Å². The lowest BCUT2D eigenvalue weighted by Gasteiger charge is -2.27. The maximum Gasteiger partial charge on any atom is 0.191 e. The first kappa shape index (κ1) is 16.9. The summed E-state index contributed by atoms with van der Waals surface area (Å²) in [7, 11) is 0. The summed E-state index contributed by atoms with van der Waals surface area (Å²) < 4.78 is 2.36. The number of hydrogen-bond donors (Lipinski definition) is 1. The van der Waals surface area contributed by atoms with Crippen molar-refractivity contribution in [2.75, 3.05) is 24.6 Å². The smallest absolute Gasteiger partial charge is 0.191 e. The first-order valence-corrected chi connectivity index (χ1v) is 9.07. The second-order valence-corrected chi connectivity index (χ2v) is 7.12. The molecule has 2 aliphatic rings. The van der Waals surface area contributed by atoms with Crippen LogP contribution in [0.2, 0.25) is 0 Å². The van der Waals surface area contributed by atoms with Gasteiger partial charge in [0.2, 0.25) is 0 Å². The molecule has 0 spiro atoms. The molecule has 0 amide bonds. The molecule has 1 saturated heterocycles. The van der Waals surface area contributed by atoms with Gasteiger partial charge in [0.1, 0.15) is 12.4 Å². The molecule has 0 bridgehead atoms. The maximum atomic E-state index is 6.16. The van der Waals surface area contributed by atoms with Gasteiger partial charge in [-0.2, -0.15) is 11.8 Å². The molecule has 0 unspecified atom stereocenters. The molecule has 2 fully saturated rings. The van der Waals surface area contributed by atoms with Crippen LogP contribution in [0.1, 0.15) is 24.7 Å². The molecule has 1 aliphatic carbocycles. The van der Waals surface area contributed by atoms with Crippen molar-refractivity contribution in [3.63, 3.8) is 0 Å². The summed E-state index contributed by atoms with van der Waals surface area (Å²) in [4.78, 5) is 11.6. The zero-order valence-corrected chi connectivity index (χ0v) is 16.2. The number of guanidine groups is 1. The Labute approximate surface area is 157 Å². The van der Waals surface area contributed by atoms with Crippen molar-refractivity contribution in [1.29, 1.82) is 0 Å². The van der Waals surface area contributed by atoms with Gasteiger partial charge in [0.25, 0.3) is 0 Å². The zero-order valence-electron chi connectivity index (χ0n) is 13.0. The number of thioether (sulfide) groups is 1. The number of aromatic nitrogens is 2. The zero-order chi connectivity index (χ0) is 14.9. The normalized spacial score (nSPS) is 19.0. The van der Waals surface area contributed by atoms with Crippen LogP contribution in [-0.4, -0.2) is 45.0 Å². The summed E-state index contributed by atoms with van der Waals surface area (Å²) in [5.74, 6) is 3.97. The summed E-state index contributed by atoms with van der Waals surface area (Å²) in [5, 5.41) is 0. The van der Waals surface area contributed by atoms with Crippen molar-refractivity contribution < 1.29 is 0 Å². The van der Waals surface area contributed by atoms with Gasteiger partial charge in [-0.15, -0.1) is 24.0 Å². The molecule has 1 aromatic heterocycles. The van der Waals surface area contributed by atoms with Gasteiger partial charge in [0.15, 0.2) is 5.96 Å². The number of fused-ring (bicyclic) bond motifs is 1. The molecular weight excluding hydrogens is 421 g/mol. The minimum atomic E-state index is 0. The van der Waals surface area contributed by atoms with Gasteiger partial charge in [-0.3, -0.25) is 0 Å². The number of hydrogen-bond acceptors (Lipinski definition) is 3. The first-order valence-electron chi connectivity index (χ1n) is 7.91. The third-order valence-corrected chi connectivity index (χ3v) is 5.24. The standard InChI is InChI=1S/C16H21N5S.HI/c17-16(20-7-9-22-10-8-20)18-11-15-19-13-3-1-2-4-14(13)21(15)12-5-6-12;/h1-4,12H,5-11H2,(H2,17,18);1H. The predicted octanol–water partition coefficient (Wildman–Crippen LogP) is 2.85. The first-order chi connectivity index (χ1) is 10.8. The molecule has 2 heterocycles. The largest absolute Gasteiger partial charge is 0.370 e. The van der Waals surface area contributed by atoms with Crippen LogP contribution in [0.15, 0.2) is 29.3 Å². The number of rotatable bonds is 3. The lowest BCUT2D eigenvalue weighted by Crippen LogP contribution is -2.42. The van der Waals surface area contributed by atoms with Crippen molar-refractivity contribution >= 4 is 52.7 Å². The maximum absolute atomic E-state index is 6.16. The molecular formula is C16H22IN5S. The van der Waals surface area contributed by atoms with E-state index in [1.165, 1.54) is 18.4 Å². The Hall–Kier alpha value is -0.960. The van der Waals surface area contributed by atoms with Crippen molar-refractivity contribution in [3.05, 3.63) is 30.1 Å². The highest BCUT2D eigenvalue weighted by Gasteiger charge is 2.28. The molecule has 1 aliphatic heterocycles. The number of para-hydroxylation sites is 2. The molecule has 4 rings (SSSR count). The van der Waals surface area contributed by atoms with Crippen molar-refractivity contribution in [2.45, 2.75) is 25.4 Å². The van der Waals surface area contributed by atoms with E-state index in [1.54, 1.807) is 0 Å². The second-order valence-electron chi connectivity index (χ2n) is 5.89. The molecule has 5 nitrogen and oxygen atoms in total. The van der Waals surface area contributed by atoms with Gasteiger partial charge < -0.3 is 15.2 Å². The average Bonchev–Trinajstić information content (AvgIpc) is 3.33. The Morgan fingerprint density at radius 2 is 2.00 bits per heavy atom. The quantitative estimate of drug-likeness (QED) is 0.451. The summed E-state index contributed by atoms with van der Waals surface area (Å²) in [5.41, 5.74) is 8.45. The van der Waals surface area contributed by atoms with E-state index in [9.17, 15) is 0 Å². The number of aliphatic imine (C=N–C) groups is 1. The minimum Gasteiger partial charge on any atom is -0.370 e. The number of imidazole rings is 1. The topological polar surface area (TPSA) is 59.4 Å². The summed E-state index contributed by atoms with van der Waals surface area (Å²) in [6.07, 6.45) is 2.49. The Balaban J connectivity index is 0.00000156. The third kappa shape index (κ3) is 3.60. The fourth-order valence-electron chi connectivity index (χ4n) is 2.99. The minimum absolute atomic E-state index is 0. The van der Waals surface area contributed by atoms with Gasteiger partial charge in [-0.05, 0) is 25.0 Å².